The van der Waals surface area contributed by atoms with Crippen molar-refractivity contribution in [2.24, 2.45) is 0 Å². The van der Waals surface area contributed by atoms with Crippen LogP contribution in [-0.4, -0.2) is 40.4 Å². The molecule has 1 aliphatic rings. The molecule has 0 fully saturated rings. The van der Waals surface area contributed by atoms with Gasteiger partial charge in [0.1, 0.15) is 6.61 Å². The molecule has 3 aromatic rings. The molecule has 0 unspecified atom stereocenters. The molecule has 0 bridgehead atoms. The fourth-order valence-corrected chi connectivity index (χ4v) is 3.81. The van der Waals surface area contributed by atoms with Crippen molar-refractivity contribution >= 4 is 17.6 Å². The molecular formula is C25H23F2N3O4. The molecule has 7 nitrogen and oxygen atoms in total. The number of carbonyl (C=O) groups excluding carboxylic acids is 2. The first-order valence-electron chi connectivity index (χ1n) is 10.6. The van der Waals surface area contributed by atoms with Gasteiger partial charge in [-0.3, -0.25) is 4.90 Å². The van der Waals surface area contributed by atoms with Crippen LogP contribution in [-0.2, 0) is 16.1 Å². The van der Waals surface area contributed by atoms with Crippen molar-refractivity contribution in [1.82, 2.24) is 14.7 Å². The molecule has 1 amide bonds. The normalized spacial score (nSPS) is 15.7. The van der Waals surface area contributed by atoms with Crippen molar-refractivity contribution in [3.05, 3.63) is 95.3 Å². The van der Waals surface area contributed by atoms with E-state index in [2.05, 4.69) is 5.10 Å². The lowest BCUT2D eigenvalue weighted by molar-refractivity contribution is 0.0565. The Balaban J connectivity index is 1.61. The Kier molecular flexibility index (Phi) is 7.01. The Hall–Kier alpha value is -4.01. The minimum absolute atomic E-state index is 0.127. The van der Waals surface area contributed by atoms with Gasteiger partial charge in [-0.25, -0.2) is 14.3 Å². The molecule has 0 spiro atoms. The van der Waals surface area contributed by atoms with Crippen molar-refractivity contribution in [2.75, 3.05) is 13.7 Å². The van der Waals surface area contributed by atoms with Gasteiger partial charge >= 0.3 is 18.6 Å². The number of esters is 1. The van der Waals surface area contributed by atoms with Crippen LogP contribution in [0.15, 0.2) is 73.1 Å². The lowest BCUT2D eigenvalue weighted by Gasteiger charge is -2.34. The Morgan fingerprint density at radius 2 is 1.85 bits per heavy atom. The molecule has 9 heteroatoms. The Morgan fingerprint density at radius 1 is 1.12 bits per heavy atom. The maximum absolute atomic E-state index is 13.0. The van der Waals surface area contributed by atoms with Gasteiger partial charge in [0.05, 0.1) is 24.9 Å². The highest BCUT2D eigenvalue weighted by Gasteiger charge is 2.30. The average Bonchev–Trinajstić information content (AvgIpc) is 3.38. The second-order valence-corrected chi connectivity index (χ2v) is 7.72. The number of aromatic nitrogens is 2. The van der Waals surface area contributed by atoms with Crippen molar-refractivity contribution in [2.45, 2.75) is 25.6 Å². The monoisotopic (exact) mass is 467 g/mol. The molecule has 0 saturated carbocycles. The van der Waals surface area contributed by atoms with Gasteiger partial charge in [-0.15, -0.1) is 0 Å². The Morgan fingerprint density at radius 3 is 2.50 bits per heavy atom. The summed E-state index contributed by atoms with van der Waals surface area (Å²) in [5.74, 6) is -0.468. The van der Waals surface area contributed by atoms with Crippen molar-refractivity contribution in [3.8, 4) is 0 Å². The molecule has 0 aliphatic carbocycles. The van der Waals surface area contributed by atoms with Crippen LogP contribution >= 0.6 is 0 Å². The largest absolute Gasteiger partial charge is 0.465 e. The van der Waals surface area contributed by atoms with Gasteiger partial charge in [-0.1, -0.05) is 48.5 Å². The highest BCUT2D eigenvalue weighted by molar-refractivity contribution is 5.89. The lowest BCUT2D eigenvalue weighted by Crippen LogP contribution is -2.37. The van der Waals surface area contributed by atoms with Gasteiger partial charge in [-0.2, -0.15) is 13.9 Å². The number of hydrogen-bond acceptors (Lipinski definition) is 5. The first kappa shape index (κ1) is 23.2. The van der Waals surface area contributed by atoms with Crippen molar-refractivity contribution in [3.63, 3.8) is 0 Å². The SMILES string of the molecule is COC(=O)c1ccc([C@@H]2C=C(c3cnn(C(F)F)c3)CCN2C(=O)OCc2ccccc2)cc1. The summed E-state index contributed by atoms with van der Waals surface area (Å²) in [4.78, 5) is 26.4. The Labute approximate surface area is 195 Å². The van der Waals surface area contributed by atoms with Gasteiger partial charge in [0.2, 0.25) is 0 Å². The highest BCUT2D eigenvalue weighted by atomic mass is 19.3. The number of carbonyl (C=O) groups is 2. The van der Waals surface area contributed by atoms with Gasteiger partial charge in [0, 0.05) is 18.3 Å². The van der Waals surface area contributed by atoms with Gasteiger partial charge in [0.25, 0.3) is 0 Å². The minimum atomic E-state index is -2.73. The third-order valence-electron chi connectivity index (χ3n) is 5.60. The van der Waals surface area contributed by atoms with Crippen molar-refractivity contribution in [1.29, 1.82) is 0 Å². The number of methoxy groups -OCH3 is 1. The molecule has 0 saturated heterocycles. The molecule has 0 radical (unpaired) electrons. The summed E-state index contributed by atoms with van der Waals surface area (Å²) >= 11 is 0. The highest BCUT2D eigenvalue weighted by Crippen LogP contribution is 2.34. The van der Waals surface area contributed by atoms with E-state index >= 15 is 0 Å². The number of alkyl halides is 2. The van der Waals surface area contributed by atoms with Crippen LogP contribution in [0.25, 0.3) is 5.57 Å². The number of amides is 1. The molecule has 1 atom stereocenters. The third-order valence-corrected chi connectivity index (χ3v) is 5.60. The standard InChI is InChI=1S/C25H23F2N3O4/c1-33-23(31)19-9-7-18(8-10-19)22-13-20(21-14-28-30(15-21)24(26)27)11-12-29(22)25(32)34-16-17-5-3-2-4-6-17/h2-10,13-15,22,24H,11-12,16H2,1H3/t22-/m0/s1. The van der Waals surface area contributed by atoms with Crippen LogP contribution in [0.2, 0.25) is 0 Å². The smallest absolute Gasteiger partial charge is 0.410 e. The number of benzene rings is 2. The number of hydrogen-bond donors (Lipinski definition) is 0. The van der Waals surface area contributed by atoms with Crippen LogP contribution in [0.1, 0.15) is 46.1 Å². The first-order chi connectivity index (χ1) is 16.5. The predicted molar refractivity (Wildman–Crippen MR) is 120 cm³/mol. The van der Waals surface area contributed by atoms with Crippen LogP contribution in [0.3, 0.4) is 0 Å². The van der Waals surface area contributed by atoms with E-state index in [0.717, 1.165) is 16.7 Å². The summed E-state index contributed by atoms with van der Waals surface area (Å²) in [6.07, 6.45) is 4.47. The van der Waals surface area contributed by atoms with Gasteiger partial charge in [-0.05, 0) is 35.3 Å². The Bertz CT molecular complexity index is 1180. The molecule has 176 valence electrons. The fraction of sp³-hybridized carbons (Fsp3) is 0.240. The maximum atomic E-state index is 13.0. The molecule has 2 aromatic carbocycles. The number of rotatable bonds is 6. The molecule has 1 aliphatic heterocycles. The zero-order valence-corrected chi connectivity index (χ0v) is 18.4. The first-order valence-corrected chi connectivity index (χ1v) is 10.6. The summed E-state index contributed by atoms with van der Waals surface area (Å²) in [5, 5.41) is 3.72. The van der Waals surface area contributed by atoms with E-state index in [1.54, 1.807) is 29.2 Å². The molecule has 4 rings (SSSR count). The third kappa shape index (κ3) is 5.14. The molecule has 0 N–H and O–H groups in total. The number of ether oxygens (including phenoxy) is 2. The van der Waals surface area contributed by atoms with Crippen LogP contribution in [0.4, 0.5) is 13.6 Å². The van der Waals surface area contributed by atoms with E-state index in [-0.39, 0.29) is 6.61 Å². The van der Waals surface area contributed by atoms with Gasteiger partial charge in [0.15, 0.2) is 0 Å². The summed E-state index contributed by atoms with van der Waals surface area (Å²) < 4.78 is 36.9. The second-order valence-electron chi connectivity index (χ2n) is 7.72. The summed E-state index contributed by atoms with van der Waals surface area (Å²) in [6, 6.07) is 15.5. The maximum Gasteiger partial charge on any atom is 0.410 e. The molecular weight excluding hydrogens is 444 g/mol. The zero-order valence-electron chi connectivity index (χ0n) is 18.4. The van der Waals surface area contributed by atoms with Gasteiger partial charge < -0.3 is 9.47 Å². The summed E-state index contributed by atoms with van der Waals surface area (Å²) in [6.45, 7) is -2.28. The molecule has 34 heavy (non-hydrogen) atoms. The topological polar surface area (TPSA) is 73.7 Å². The lowest BCUT2D eigenvalue weighted by atomic mass is 9.93. The van der Waals surface area contributed by atoms with Crippen molar-refractivity contribution < 1.29 is 27.8 Å². The van der Waals surface area contributed by atoms with E-state index in [1.165, 1.54) is 19.5 Å². The number of nitrogens with zero attached hydrogens (tertiary/aromatic N) is 3. The zero-order chi connectivity index (χ0) is 24.1. The van der Waals surface area contributed by atoms with E-state index < -0.39 is 24.7 Å². The predicted octanol–water partition coefficient (Wildman–Crippen LogP) is 5.23. The average molecular weight is 467 g/mol. The molecule has 1 aromatic heterocycles. The fourth-order valence-electron chi connectivity index (χ4n) is 3.81. The molecule has 2 heterocycles. The quantitative estimate of drug-likeness (QED) is 0.464. The summed E-state index contributed by atoms with van der Waals surface area (Å²) in [5.41, 5.74) is 3.34. The van der Waals surface area contributed by atoms with Crippen LogP contribution in [0, 0.1) is 0 Å². The van der Waals surface area contributed by atoms with E-state index in [9.17, 15) is 18.4 Å². The van der Waals surface area contributed by atoms with E-state index in [4.69, 9.17) is 9.47 Å². The van der Waals surface area contributed by atoms with E-state index in [0.29, 0.717) is 28.8 Å². The summed E-state index contributed by atoms with van der Waals surface area (Å²) in [7, 11) is 1.30. The second kappa shape index (κ2) is 10.3. The minimum Gasteiger partial charge on any atom is -0.465 e. The van der Waals surface area contributed by atoms with E-state index in [1.807, 2.05) is 36.4 Å². The van der Waals surface area contributed by atoms with Crippen LogP contribution < -0.4 is 0 Å². The number of halogens is 2. The van der Waals surface area contributed by atoms with Crippen LogP contribution in [0.5, 0.6) is 0 Å².